The molecule has 1 aromatic heterocycles. The van der Waals surface area contributed by atoms with Crippen molar-refractivity contribution in [3.8, 4) is 11.4 Å². The molecule has 0 spiro atoms. The monoisotopic (exact) mass is 356 g/mol. The van der Waals surface area contributed by atoms with E-state index in [4.69, 9.17) is 23.8 Å². The molecule has 4 nitrogen and oxygen atoms in total. The smallest absolute Gasteiger partial charge is 0.216 e. The SMILES string of the molecule is Cc1cc(C)c(C=Nn2c(-c3ccccc3Cl)n[nH]c2=S)c(C)c1. The fourth-order valence-corrected chi connectivity index (χ4v) is 3.13. The van der Waals surface area contributed by atoms with Gasteiger partial charge in [0.1, 0.15) is 0 Å². The zero-order valence-electron chi connectivity index (χ0n) is 13.7. The second-order valence-electron chi connectivity index (χ2n) is 5.70. The third kappa shape index (κ3) is 3.18. The fraction of sp³-hybridized carbons (Fsp3) is 0.167. The number of benzene rings is 2. The van der Waals surface area contributed by atoms with Crippen molar-refractivity contribution in [3.05, 3.63) is 68.4 Å². The first-order valence-electron chi connectivity index (χ1n) is 7.52. The van der Waals surface area contributed by atoms with Crippen LogP contribution in [0, 0.1) is 25.5 Å². The lowest BCUT2D eigenvalue weighted by Crippen LogP contribution is -1.98. The molecule has 3 aromatic rings. The fourth-order valence-electron chi connectivity index (χ4n) is 2.73. The summed E-state index contributed by atoms with van der Waals surface area (Å²) in [5.41, 5.74) is 5.43. The van der Waals surface area contributed by atoms with Crippen molar-refractivity contribution in [2.75, 3.05) is 0 Å². The van der Waals surface area contributed by atoms with E-state index >= 15 is 0 Å². The molecule has 122 valence electrons. The van der Waals surface area contributed by atoms with Gasteiger partial charge in [-0.2, -0.15) is 14.9 Å². The van der Waals surface area contributed by atoms with Gasteiger partial charge in [0, 0.05) is 11.1 Å². The number of aromatic nitrogens is 3. The van der Waals surface area contributed by atoms with E-state index in [1.807, 2.05) is 30.5 Å². The standard InChI is InChI=1S/C18H17ClN4S/c1-11-8-12(2)15(13(3)9-11)10-20-23-17(21-22-18(23)24)14-6-4-5-7-16(14)19/h4-10H,1-3H3,(H,22,24). The van der Waals surface area contributed by atoms with E-state index in [9.17, 15) is 0 Å². The second kappa shape index (κ2) is 6.71. The molecule has 1 N–H and O–H groups in total. The first-order chi connectivity index (χ1) is 11.5. The minimum absolute atomic E-state index is 0.420. The predicted molar refractivity (Wildman–Crippen MR) is 102 cm³/mol. The number of nitrogens with one attached hydrogen (secondary N) is 1. The van der Waals surface area contributed by atoms with Crippen molar-refractivity contribution in [2.24, 2.45) is 5.10 Å². The molecule has 0 saturated carbocycles. The maximum absolute atomic E-state index is 6.27. The molecule has 2 aromatic carbocycles. The van der Waals surface area contributed by atoms with Crippen molar-refractivity contribution in [3.63, 3.8) is 0 Å². The third-order valence-corrected chi connectivity index (χ3v) is 4.40. The van der Waals surface area contributed by atoms with Crippen LogP contribution in [0.5, 0.6) is 0 Å². The molecule has 0 radical (unpaired) electrons. The molecular formula is C18H17ClN4S. The van der Waals surface area contributed by atoms with Crippen molar-refractivity contribution in [1.82, 2.24) is 14.9 Å². The van der Waals surface area contributed by atoms with Crippen LogP contribution in [0.3, 0.4) is 0 Å². The summed E-state index contributed by atoms with van der Waals surface area (Å²) in [5, 5.41) is 12.2. The zero-order valence-corrected chi connectivity index (χ0v) is 15.2. The number of aromatic amines is 1. The summed E-state index contributed by atoms with van der Waals surface area (Å²) < 4.78 is 2.01. The van der Waals surface area contributed by atoms with Gasteiger partial charge in [-0.3, -0.25) is 0 Å². The normalized spacial score (nSPS) is 11.3. The van der Waals surface area contributed by atoms with Crippen LogP contribution in [-0.2, 0) is 0 Å². The lowest BCUT2D eigenvalue weighted by molar-refractivity contribution is 0.871. The molecule has 3 rings (SSSR count). The molecule has 0 aliphatic heterocycles. The van der Waals surface area contributed by atoms with Crippen LogP contribution in [0.25, 0.3) is 11.4 Å². The average Bonchev–Trinajstić information content (AvgIpc) is 2.88. The average molecular weight is 357 g/mol. The molecule has 0 saturated heterocycles. The van der Waals surface area contributed by atoms with Crippen molar-refractivity contribution < 1.29 is 0 Å². The summed E-state index contributed by atoms with van der Waals surface area (Å²) in [6.07, 6.45) is 1.82. The Balaban J connectivity index is 2.08. The summed E-state index contributed by atoms with van der Waals surface area (Å²) in [6.45, 7) is 6.23. The van der Waals surface area contributed by atoms with E-state index in [0.29, 0.717) is 15.6 Å². The number of rotatable bonds is 3. The maximum Gasteiger partial charge on any atom is 0.216 e. The molecule has 0 aliphatic rings. The minimum Gasteiger partial charge on any atom is -0.250 e. The van der Waals surface area contributed by atoms with E-state index in [1.165, 1.54) is 16.7 Å². The topological polar surface area (TPSA) is 46.0 Å². The Kier molecular flexibility index (Phi) is 4.64. The van der Waals surface area contributed by atoms with Gasteiger partial charge in [-0.1, -0.05) is 41.4 Å². The van der Waals surface area contributed by atoms with Gasteiger partial charge in [0.2, 0.25) is 4.77 Å². The molecule has 0 fully saturated rings. The number of hydrogen-bond acceptors (Lipinski definition) is 3. The van der Waals surface area contributed by atoms with Crippen molar-refractivity contribution >= 4 is 30.0 Å². The molecule has 0 aliphatic carbocycles. The maximum atomic E-state index is 6.27. The van der Waals surface area contributed by atoms with Crippen LogP contribution in [0.4, 0.5) is 0 Å². The van der Waals surface area contributed by atoms with Crippen molar-refractivity contribution in [2.45, 2.75) is 20.8 Å². The summed E-state index contributed by atoms with van der Waals surface area (Å²) >= 11 is 11.6. The van der Waals surface area contributed by atoms with Crippen LogP contribution in [0.1, 0.15) is 22.3 Å². The summed E-state index contributed by atoms with van der Waals surface area (Å²) in [7, 11) is 0. The van der Waals surface area contributed by atoms with E-state index in [2.05, 4.69) is 48.2 Å². The van der Waals surface area contributed by atoms with Crippen LogP contribution in [-0.4, -0.2) is 21.1 Å². The summed E-state index contributed by atoms with van der Waals surface area (Å²) in [6, 6.07) is 11.8. The van der Waals surface area contributed by atoms with E-state index in [-0.39, 0.29) is 0 Å². The molecule has 24 heavy (non-hydrogen) atoms. The van der Waals surface area contributed by atoms with E-state index in [0.717, 1.165) is 11.1 Å². The van der Waals surface area contributed by atoms with Gasteiger partial charge in [-0.25, -0.2) is 5.10 Å². The zero-order chi connectivity index (χ0) is 17.3. The summed E-state index contributed by atoms with van der Waals surface area (Å²) in [4.78, 5) is 0. The largest absolute Gasteiger partial charge is 0.250 e. The second-order valence-corrected chi connectivity index (χ2v) is 6.49. The highest BCUT2D eigenvalue weighted by molar-refractivity contribution is 7.71. The molecule has 0 unspecified atom stereocenters. The predicted octanol–water partition coefficient (Wildman–Crippen LogP) is 5.07. The number of H-pyrrole nitrogens is 1. The Hall–Kier alpha value is -2.24. The third-order valence-electron chi connectivity index (χ3n) is 3.81. The highest BCUT2D eigenvalue weighted by Crippen LogP contribution is 2.26. The van der Waals surface area contributed by atoms with Crippen LogP contribution < -0.4 is 0 Å². The van der Waals surface area contributed by atoms with E-state index in [1.54, 1.807) is 4.68 Å². The van der Waals surface area contributed by atoms with Gasteiger partial charge in [-0.05, 0) is 56.2 Å². The Morgan fingerprint density at radius 1 is 1.17 bits per heavy atom. The number of aryl methyl sites for hydroxylation is 3. The molecule has 1 heterocycles. The van der Waals surface area contributed by atoms with Gasteiger partial charge in [0.25, 0.3) is 0 Å². The highest BCUT2D eigenvalue weighted by Gasteiger charge is 2.11. The van der Waals surface area contributed by atoms with Crippen LogP contribution in [0.2, 0.25) is 5.02 Å². The minimum atomic E-state index is 0.420. The first kappa shape index (κ1) is 16.6. The Morgan fingerprint density at radius 3 is 2.50 bits per heavy atom. The lowest BCUT2D eigenvalue weighted by atomic mass is 10.0. The van der Waals surface area contributed by atoms with Gasteiger partial charge in [-0.15, -0.1) is 0 Å². The number of halogens is 1. The number of hydrogen-bond donors (Lipinski definition) is 1. The van der Waals surface area contributed by atoms with Gasteiger partial charge in [0.15, 0.2) is 5.82 Å². The number of nitrogens with zero attached hydrogens (tertiary/aromatic N) is 3. The van der Waals surface area contributed by atoms with Crippen LogP contribution in [0.15, 0.2) is 41.5 Å². The van der Waals surface area contributed by atoms with E-state index < -0.39 is 0 Å². The van der Waals surface area contributed by atoms with Crippen LogP contribution >= 0.6 is 23.8 Å². The molecule has 0 atom stereocenters. The molecule has 6 heteroatoms. The molecule has 0 bridgehead atoms. The first-order valence-corrected chi connectivity index (χ1v) is 8.30. The van der Waals surface area contributed by atoms with Gasteiger partial charge >= 0.3 is 0 Å². The Labute approximate surface area is 150 Å². The molecule has 0 amide bonds. The molecular weight excluding hydrogens is 340 g/mol. The van der Waals surface area contributed by atoms with Crippen molar-refractivity contribution in [1.29, 1.82) is 0 Å². The summed E-state index contributed by atoms with van der Waals surface area (Å²) in [5.74, 6) is 0.587. The Morgan fingerprint density at radius 2 is 1.83 bits per heavy atom. The lowest BCUT2D eigenvalue weighted by Gasteiger charge is -2.07. The highest BCUT2D eigenvalue weighted by atomic mass is 35.5. The van der Waals surface area contributed by atoms with Gasteiger partial charge in [0.05, 0.1) is 11.2 Å². The quantitative estimate of drug-likeness (QED) is 0.526. The Bertz CT molecular complexity index is 962. The van der Waals surface area contributed by atoms with Gasteiger partial charge < -0.3 is 0 Å².